The molecule has 3 aromatic rings. The lowest BCUT2D eigenvalue weighted by molar-refractivity contribution is 0.449. The molecule has 0 aromatic heterocycles. The van der Waals surface area contributed by atoms with Crippen molar-refractivity contribution in [3.8, 4) is 0 Å². The van der Waals surface area contributed by atoms with Gasteiger partial charge in [-0.2, -0.15) is 8.42 Å². The van der Waals surface area contributed by atoms with Crippen LogP contribution in [0.15, 0.2) is 96.9 Å². The summed E-state index contributed by atoms with van der Waals surface area (Å²) in [7, 11) is -8.35. The fourth-order valence-electron chi connectivity index (χ4n) is 2.55. The molecule has 2 atom stereocenters. The van der Waals surface area contributed by atoms with Crippen molar-refractivity contribution < 1.29 is 17.0 Å². The van der Waals surface area contributed by atoms with Crippen LogP contribution in [0.1, 0.15) is 16.6 Å². The highest BCUT2D eigenvalue weighted by atomic mass is 79.9. The van der Waals surface area contributed by atoms with Crippen LogP contribution >= 0.6 is 15.9 Å². The number of aryl methyl sites for hydroxylation is 1. The molecule has 146 valence electrons. The highest BCUT2D eigenvalue weighted by Gasteiger charge is 2.31. The number of halogens is 2. The van der Waals surface area contributed by atoms with Crippen LogP contribution in [0.25, 0.3) is 0 Å². The number of alkyl halides is 1. The van der Waals surface area contributed by atoms with Gasteiger partial charge in [0.1, 0.15) is 9.73 Å². The van der Waals surface area contributed by atoms with Gasteiger partial charge in [0.25, 0.3) is 10.0 Å². The van der Waals surface area contributed by atoms with Crippen molar-refractivity contribution in [1.82, 2.24) is 0 Å². The third-order valence-electron chi connectivity index (χ3n) is 4.04. The van der Waals surface area contributed by atoms with Crippen LogP contribution in [-0.4, -0.2) is 12.6 Å². The summed E-state index contributed by atoms with van der Waals surface area (Å²) in [6.07, 6.45) is 0. The topological polar surface area (TPSA) is 63.6 Å². The molecular weight excluding hydrogens is 465 g/mol. The molecule has 28 heavy (non-hydrogen) atoms. The van der Waals surface area contributed by atoms with E-state index in [4.69, 9.17) is 0 Å². The molecule has 0 bridgehead atoms. The molecule has 0 saturated carbocycles. The van der Waals surface area contributed by atoms with Crippen LogP contribution in [0.3, 0.4) is 0 Å². The molecular formula is C20H17BrFNO3S2. The summed E-state index contributed by atoms with van der Waals surface area (Å²) in [6, 6.07) is 19.9. The summed E-state index contributed by atoms with van der Waals surface area (Å²) in [4.78, 5) is -0.130. The smallest absolute Gasteiger partial charge is 0.240 e. The summed E-state index contributed by atoms with van der Waals surface area (Å²) in [5.74, 6) is 0. The van der Waals surface area contributed by atoms with E-state index in [-0.39, 0.29) is 15.4 Å². The summed E-state index contributed by atoms with van der Waals surface area (Å²) in [6.45, 7) is 1.81. The SMILES string of the molecule is Cc1ccc(S(=O)(=O)N=S(=O)(c2ccccc2)C(F)c2ccccc2Br)cc1. The second kappa shape index (κ2) is 8.14. The molecule has 8 heteroatoms. The van der Waals surface area contributed by atoms with Gasteiger partial charge < -0.3 is 0 Å². The Bertz CT molecular complexity index is 1200. The third kappa shape index (κ3) is 4.19. The fourth-order valence-corrected chi connectivity index (χ4v) is 7.16. The maximum Gasteiger partial charge on any atom is 0.290 e. The monoisotopic (exact) mass is 481 g/mol. The minimum absolute atomic E-state index is 0.00828. The first-order valence-corrected chi connectivity index (χ1v) is 12.1. The molecule has 0 aliphatic heterocycles. The fraction of sp³-hybridized carbons (Fsp3) is 0.100. The number of nitrogens with zero attached hydrogens (tertiary/aromatic N) is 1. The summed E-state index contributed by atoms with van der Waals surface area (Å²) >= 11 is 3.24. The highest BCUT2D eigenvalue weighted by molar-refractivity contribution is 9.10. The average Bonchev–Trinajstić information content (AvgIpc) is 2.68. The molecule has 3 aromatic carbocycles. The second-order valence-corrected chi connectivity index (χ2v) is 11.0. The minimum atomic E-state index is -4.35. The number of benzene rings is 3. The zero-order valence-corrected chi connectivity index (χ0v) is 18.0. The Labute approximate surface area is 172 Å². The molecule has 0 amide bonds. The van der Waals surface area contributed by atoms with Gasteiger partial charge in [-0.25, -0.2) is 8.60 Å². The quantitative estimate of drug-likeness (QED) is 0.473. The van der Waals surface area contributed by atoms with Crippen LogP contribution in [0.2, 0.25) is 0 Å². The number of hydrogen-bond donors (Lipinski definition) is 0. The van der Waals surface area contributed by atoms with Gasteiger partial charge in [0, 0.05) is 10.0 Å². The van der Waals surface area contributed by atoms with Crippen molar-refractivity contribution in [3.63, 3.8) is 0 Å². The Hall–Kier alpha value is -2.03. The third-order valence-corrected chi connectivity index (χ3v) is 9.06. The largest absolute Gasteiger partial charge is 0.290 e. The predicted octanol–water partition coefficient (Wildman–Crippen LogP) is 5.64. The lowest BCUT2D eigenvalue weighted by atomic mass is 10.2. The van der Waals surface area contributed by atoms with Gasteiger partial charge >= 0.3 is 0 Å². The first-order valence-electron chi connectivity index (χ1n) is 8.26. The van der Waals surface area contributed by atoms with E-state index in [9.17, 15) is 12.6 Å². The van der Waals surface area contributed by atoms with E-state index in [1.165, 1.54) is 30.3 Å². The molecule has 0 spiro atoms. The first kappa shape index (κ1) is 20.7. The van der Waals surface area contributed by atoms with Gasteiger partial charge in [0.15, 0.2) is 0 Å². The van der Waals surface area contributed by atoms with E-state index in [1.54, 1.807) is 48.5 Å². The van der Waals surface area contributed by atoms with E-state index in [0.29, 0.717) is 4.47 Å². The van der Waals surface area contributed by atoms with Gasteiger partial charge in [0.2, 0.25) is 5.50 Å². The van der Waals surface area contributed by atoms with E-state index < -0.39 is 25.3 Å². The molecule has 0 aliphatic carbocycles. The standard InChI is InChI=1S/C20H17BrFNO3S2/c1-15-11-13-17(14-12-15)28(25,26)23-27(24,16-7-3-2-4-8-16)20(22)18-9-5-6-10-19(18)21/h2-14,20H,1H3. The average molecular weight is 482 g/mol. The van der Waals surface area contributed by atoms with E-state index in [2.05, 4.69) is 19.7 Å². The summed E-state index contributed by atoms with van der Waals surface area (Å²) in [5, 5.41) is 0. The Morgan fingerprint density at radius 2 is 1.39 bits per heavy atom. The molecule has 0 fully saturated rings. The van der Waals surface area contributed by atoms with E-state index >= 15 is 4.39 Å². The zero-order chi connectivity index (χ0) is 20.4. The zero-order valence-electron chi connectivity index (χ0n) is 14.8. The molecule has 0 heterocycles. The van der Waals surface area contributed by atoms with Gasteiger partial charge in [-0.1, -0.05) is 73.8 Å². The normalized spacial score (nSPS) is 14.8. The van der Waals surface area contributed by atoms with Gasteiger partial charge in [-0.05, 0) is 37.3 Å². The minimum Gasteiger partial charge on any atom is -0.240 e. The predicted molar refractivity (Wildman–Crippen MR) is 112 cm³/mol. The van der Waals surface area contributed by atoms with Gasteiger partial charge in [-0.15, -0.1) is 0 Å². The van der Waals surface area contributed by atoms with E-state index in [1.807, 2.05) is 6.92 Å². The van der Waals surface area contributed by atoms with Crippen molar-refractivity contribution in [3.05, 3.63) is 94.5 Å². The first-order chi connectivity index (χ1) is 13.2. The Morgan fingerprint density at radius 3 is 2.00 bits per heavy atom. The molecule has 3 rings (SSSR count). The Kier molecular flexibility index (Phi) is 6.02. The van der Waals surface area contributed by atoms with Crippen molar-refractivity contribution in [2.45, 2.75) is 22.2 Å². The second-order valence-electron chi connectivity index (χ2n) is 6.08. The van der Waals surface area contributed by atoms with Crippen LogP contribution in [0, 0.1) is 6.92 Å². The van der Waals surface area contributed by atoms with Crippen molar-refractivity contribution in [2.75, 3.05) is 0 Å². The highest BCUT2D eigenvalue weighted by Crippen LogP contribution is 2.37. The van der Waals surface area contributed by atoms with Crippen LogP contribution in [0.4, 0.5) is 4.39 Å². The summed E-state index contributed by atoms with van der Waals surface area (Å²) in [5.41, 5.74) is -1.22. The van der Waals surface area contributed by atoms with Crippen LogP contribution in [-0.2, 0) is 19.8 Å². The van der Waals surface area contributed by atoms with Crippen molar-refractivity contribution in [1.29, 1.82) is 0 Å². The van der Waals surface area contributed by atoms with Crippen molar-refractivity contribution in [2.24, 2.45) is 3.77 Å². The van der Waals surface area contributed by atoms with Crippen molar-refractivity contribution >= 4 is 35.7 Å². The molecule has 0 saturated heterocycles. The van der Waals surface area contributed by atoms with Crippen LogP contribution in [0.5, 0.6) is 0 Å². The lowest BCUT2D eigenvalue weighted by Gasteiger charge is -2.17. The Balaban J connectivity index is 2.26. The van der Waals surface area contributed by atoms with Gasteiger partial charge in [-0.3, -0.25) is 0 Å². The maximum absolute atomic E-state index is 15.6. The summed E-state index contributed by atoms with van der Waals surface area (Å²) < 4.78 is 59.0. The van der Waals surface area contributed by atoms with E-state index in [0.717, 1.165) is 5.56 Å². The number of rotatable bonds is 5. The molecule has 0 aliphatic rings. The Morgan fingerprint density at radius 1 is 0.821 bits per heavy atom. The molecule has 0 radical (unpaired) electrons. The van der Waals surface area contributed by atoms with Gasteiger partial charge in [0.05, 0.1) is 9.79 Å². The molecule has 2 unspecified atom stereocenters. The maximum atomic E-state index is 15.6. The molecule has 0 N–H and O–H groups in total. The molecule has 4 nitrogen and oxygen atoms in total. The number of hydrogen-bond acceptors (Lipinski definition) is 3. The van der Waals surface area contributed by atoms with Crippen LogP contribution < -0.4 is 0 Å². The lowest BCUT2D eigenvalue weighted by Crippen LogP contribution is -2.13. The number of sulfonamides is 1.